The summed E-state index contributed by atoms with van der Waals surface area (Å²) in [6, 6.07) is 25.7. The smallest absolute Gasteiger partial charge is 0.260 e. The van der Waals surface area contributed by atoms with Crippen LogP contribution in [0.5, 0.6) is 5.75 Å². The SMILES string of the molecule is O=C1[C@@H]2C[C@@H]3C(=CC[C@@H]4C(=O)N(c5ccc(Br)cc5)C(=O)[C@@H]43)[C@H](c3ccccc3O)[C@]2(c2ccc(Cl)cc2)C(=O)N1Nc1ccc(F)cc1. The Morgan fingerprint density at radius 1 is 0.837 bits per heavy atom. The molecule has 49 heavy (non-hydrogen) atoms. The largest absolute Gasteiger partial charge is 0.508 e. The number of phenolic OH excluding ortho intramolecular Hbond substituents is 1. The lowest BCUT2D eigenvalue weighted by Gasteiger charge is -2.50. The van der Waals surface area contributed by atoms with Crippen LogP contribution in [0.3, 0.4) is 0 Å². The molecule has 2 heterocycles. The van der Waals surface area contributed by atoms with Crippen molar-refractivity contribution in [1.29, 1.82) is 0 Å². The zero-order chi connectivity index (χ0) is 34.2. The first-order valence-corrected chi connectivity index (χ1v) is 17.1. The lowest BCUT2D eigenvalue weighted by atomic mass is 9.49. The van der Waals surface area contributed by atoms with Crippen molar-refractivity contribution in [2.45, 2.75) is 24.2 Å². The molecule has 2 aliphatic heterocycles. The number of imide groups is 2. The highest BCUT2D eigenvalue weighted by Gasteiger charge is 2.70. The molecule has 4 aromatic rings. The third-order valence-corrected chi connectivity index (χ3v) is 11.4. The van der Waals surface area contributed by atoms with E-state index in [2.05, 4.69) is 21.4 Å². The molecule has 0 aromatic heterocycles. The number of allylic oxidation sites excluding steroid dienone is 2. The minimum atomic E-state index is -1.57. The first-order valence-electron chi connectivity index (χ1n) is 15.9. The number of amides is 4. The van der Waals surface area contributed by atoms with Crippen molar-refractivity contribution in [3.63, 3.8) is 0 Å². The van der Waals surface area contributed by atoms with Gasteiger partial charge in [0, 0.05) is 21.0 Å². The Morgan fingerprint density at radius 3 is 2.22 bits per heavy atom. The number of nitrogens with zero attached hydrogens (tertiary/aromatic N) is 2. The summed E-state index contributed by atoms with van der Waals surface area (Å²) in [6.45, 7) is 0. The standard InChI is InChI=1S/C38H28BrClFN3O5/c39-21-7-15-25(16-8-21)43-34(46)28-18-17-26-29(32(28)36(43)48)19-30-35(47)44(42-24-13-11-23(41)12-14-24)37(49)38(30,20-5-9-22(40)10-6-20)33(26)27-3-1-2-4-31(27)45/h1-17,28-30,32-33,42,45H,18-19H2/t28-,29+,30-,32-,33+,38+/m0/s1. The van der Waals surface area contributed by atoms with Crippen molar-refractivity contribution in [2.24, 2.45) is 23.7 Å². The number of rotatable bonds is 5. The van der Waals surface area contributed by atoms with Gasteiger partial charge in [-0.3, -0.25) is 29.5 Å². The van der Waals surface area contributed by atoms with Crippen molar-refractivity contribution in [2.75, 3.05) is 10.3 Å². The van der Waals surface area contributed by atoms with Gasteiger partial charge in [0.2, 0.25) is 11.8 Å². The lowest BCUT2D eigenvalue weighted by Crippen LogP contribution is -2.53. The van der Waals surface area contributed by atoms with Crippen molar-refractivity contribution < 1.29 is 28.7 Å². The predicted octanol–water partition coefficient (Wildman–Crippen LogP) is 7.14. The highest BCUT2D eigenvalue weighted by Crippen LogP contribution is 2.65. The molecule has 0 radical (unpaired) electrons. The van der Waals surface area contributed by atoms with Crippen molar-refractivity contribution >= 4 is 62.5 Å². The molecule has 246 valence electrons. The van der Waals surface area contributed by atoms with Crippen LogP contribution >= 0.6 is 27.5 Å². The van der Waals surface area contributed by atoms with Crippen LogP contribution in [0.2, 0.25) is 5.02 Å². The summed E-state index contributed by atoms with van der Waals surface area (Å²) in [5.41, 5.74) is 3.79. The van der Waals surface area contributed by atoms with E-state index in [1.807, 2.05) is 6.08 Å². The maximum absolute atomic E-state index is 15.1. The fourth-order valence-electron chi connectivity index (χ4n) is 8.58. The molecule has 8 rings (SSSR count). The minimum absolute atomic E-state index is 0.0706. The summed E-state index contributed by atoms with van der Waals surface area (Å²) < 4.78 is 14.6. The summed E-state index contributed by atoms with van der Waals surface area (Å²) in [5, 5.41) is 12.8. The monoisotopic (exact) mass is 739 g/mol. The second-order valence-corrected chi connectivity index (χ2v) is 14.3. The Bertz CT molecular complexity index is 2070. The fraction of sp³-hybridized carbons (Fsp3) is 0.211. The van der Waals surface area contributed by atoms with Crippen LogP contribution in [0.15, 0.2) is 113 Å². The first kappa shape index (κ1) is 31.5. The van der Waals surface area contributed by atoms with Gasteiger partial charge in [0.15, 0.2) is 0 Å². The molecule has 4 aliphatic rings. The van der Waals surface area contributed by atoms with E-state index < -0.39 is 52.6 Å². The van der Waals surface area contributed by atoms with Gasteiger partial charge in [0.25, 0.3) is 11.8 Å². The zero-order valence-electron chi connectivity index (χ0n) is 25.7. The molecule has 0 unspecified atom stereocenters. The van der Waals surface area contributed by atoms with Crippen LogP contribution in [-0.2, 0) is 24.6 Å². The van der Waals surface area contributed by atoms with Gasteiger partial charge in [-0.05, 0) is 91.1 Å². The maximum atomic E-state index is 15.1. The zero-order valence-corrected chi connectivity index (χ0v) is 28.1. The molecule has 2 saturated heterocycles. The number of hydrogen-bond donors (Lipinski definition) is 2. The van der Waals surface area contributed by atoms with E-state index in [0.717, 1.165) is 15.1 Å². The number of carbonyl (C=O) groups is 4. The maximum Gasteiger partial charge on any atom is 0.260 e. The fourth-order valence-corrected chi connectivity index (χ4v) is 8.97. The predicted molar refractivity (Wildman–Crippen MR) is 184 cm³/mol. The van der Waals surface area contributed by atoms with Gasteiger partial charge in [-0.1, -0.05) is 69.5 Å². The van der Waals surface area contributed by atoms with E-state index in [0.29, 0.717) is 27.5 Å². The molecule has 4 aromatic carbocycles. The number of carbonyl (C=O) groups excluding carboxylic acids is 4. The number of phenols is 1. The normalized spacial score (nSPS) is 27.5. The molecule has 1 saturated carbocycles. The summed E-state index contributed by atoms with van der Waals surface area (Å²) in [4.78, 5) is 59.2. The van der Waals surface area contributed by atoms with Crippen LogP contribution in [-0.4, -0.2) is 33.7 Å². The number of benzene rings is 4. The van der Waals surface area contributed by atoms with Gasteiger partial charge in [-0.15, -0.1) is 0 Å². The molecular weight excluding hydrogens is 713 g/mol. The average Bonchev–Trinajstić information content (AvgIpc) is 3.48. The number of anilines is 2. The molecule has 6 atom stereocenters. The Hall–Kier alpha value is -4.80. The van der Waals surface area contributed by atoms with Gasteiger partial charge < -0.3 is 5.11 Å². The molecule has 0 bridgehead atoms. The topological polar surface area (TPSA) is 107 Å². The van der Waals surface area contributed by atoms with Crippen molar-refractivity contribution in [3.8, 4) is 5.75 Å². The van der Waals surface area contributed by atoms with Crippen LogP contribution in [0, 0.1) is 29.5 Å². The lowest BCUT2D eigenvalue weighted by molar-refractivity contribution is -0.138. The highest BCUT2D eigenvalue weighted by atomic mass is 79.9. The van der Waals surface area contributed by atoms with E-state index in [9.17, 15) is 23.9 Å². The Labute approximate surface area is 294 Å². The molecule has 2 N–H and O–H groups in total. The van der Waals surface area contributed by atoms with Gasteiger partial charge in [-0.2, -0.15) is 5.01 Å². The van der Waals surface area contributed by atoms with E-state index >= 15 is 4.79 Å². The molecule has 4 amide bonds. The summed E-state index contributed by atoms with van der Waals surface area (Å²) in [6.07, 6.45) is 2.28. The van der Waals surface area contributed by atoms with Gasteiger partial charge >= 0.3 is 0 Å². The number of para-hydroxylation sites is 1. The van der Waals surface area contributed by atoms with Crippen LogP contribution in [0.1, 0.15) is 29.9 Å². The van der Waals surface area contributed by atoms with Crippen LogP contribution < -0.4 is 10.3 Å². The number of hydrogen-bond acceptors (Lipinski definition) is 6. The van der Waals surface area contributed by atoms with Gasteiger partial charge in [0.1, 0.15) is 11.6 Å². The second kappa shape index (κ2) is 11.7. The third kappa shape index (κ3) is 4.68. The third-order valence-electron chi connectivity index (χ3n) is 10.6. The van der Waals surface area contributed by atoms with E-state index in [-0.39, 0.29) is 30.4 Å². The highest BCUT2D eigenvalue weighted by molar-refractivity contribution is 9.10. The molecule has 11 heteroatoms. The summed E-state index contributed by atoms with van der Waals surface area (Å²) in [5.74, 6) is -6.24. The molecule has 2 aliphatic carbocycles. The molecule has 8 nitrogen and oxygen atoms in total. The van der Waals surface area contributed by atoms with Crippen molar-refractivity contribution in [3.05, 3.63) is 135 Å². The van der Waals surface area contributed by atoms with Crippen LogP contribution in [0.25, 0.3) is 0 Å². The summed E-state index contributed by atoms with van der Waals surface area (Å²) >= 11 is 9.73. The number of fused-ring (bicyclic) bond motifs is 4. The summed E-state index contributed by atoms with van der Waals surface area (Å²) in [7, 11) is 0. The molecule has 3 fully saturated rings. The Balaban J connectivity index is 1.32. The Morgan fingerprint density at radius 2 is 1.53 bits per heavy atom. The Kier molecular flexibility index (Phi) is 7.49. The molecule has 0 spiro atoms. The number of aromatic hydroxyl groups is 1. The van der Waals surface area contributed by atoms with E-state index in [1.54, 1.807) is 66.7 Å². The van der Waals surface area contributed by atoms with E-state index in [1.165, 1.54) is 35.2 Å². The van der Waals surface area contributed by atoms with Crippen molar-refractivity contribution in [1.82, 2.24) is 5.01 Å². The number of hydrazine groups is 1. The van der Waals surface area contributed by atoms with Gasteiger partial charge in [-0.25, -0.2) is 4.39 Å². The van der Waals surface area contributed by atoms with E-state index in [4.69, 9.17) is 11.6 Å². The molecular formula is C38H28BrClFN3O5. The van der Waals surface area contributed by atoms with Crippen LogP contribution in [0.4, 0.5) is 15.8 Å². The minimum Gasteiger partial charge on any atom is -0.508 e. The van der Waals surface area contributed by atoms with Gasteiger partial charge in [0.05, 0.1) is 34.5 Å². The quantitative estimate of drug-likeness (QED) is 0.167. The average molecular weight is 741 g/mol. The first-order chi connectivity index (χ1) is 23.6. The number of halogens is 3. The second-order valence-electron chi connectivity index (χ2n) is 12.9. The number of nitrogens with one attached hydrogen (secondary N) is 1.